The number of carbonyl (C=O) groups excluding carboxylic acids is 1. The largest absolute Gasteiger partial charge is 0.491 e. The topological polar surface area (TPSA) is 74.4 Å². The van der Waals surface area contributed by atoms with Crippen molar-refractivity contribution in [2.24, 2.45) is 17.8 Å². The summed E-state index contributed by atoms with van der Waals surface area (Å²) >= 11 is 6.49. The maximum atomic E-state index is 13.3. The number of benzene rings is 2. The predicted octanol–water partition coefficient (Wildman–Crippen LogP) is 9.14. The molecule has 1 saturated carbocycles. The number of hydrogen-bond donors (Lipinski definition) is 1. The predicted molar refractivity (Wildman–Crippen MR) is 232 cm³/mol. The Bertz CT molecular complexity index is 1550. The molecule has 0 aromatic heterocycles. The van der Waals surface area contributed by atoms with Crippen molar-refractivity contribution < 1.29 is 18.5 Å². The highest BCUT2D eigenvalue weighted by molar-refractivity contribution is 7.84. The maximum absolute atomic E-state index is 13.3. The van der Waals surface area contributed by atoms with E-state index in [2.05, 4.69) is 85.2 Å². The molecule has 55 heavy (non-hydrogen) atoms. The van der Waals surface area contributed by atoms with Crippen LogP contribution in [-0.4, -0.2) is 96.8 Å². The average Bonchev–Trinajstić information content (AvgIpc) is 3.32. The molecular formula is C45H71ClN4O4S. The lowest BCUT2D eigenvalue weighted by molar-refractivity contribution is 0.0361. The van der Waals surface area contributed by atoms with E-state index in [-0.39, 0.29) is 17.1 Å². The zero-order valence-corrected chi connectivity index (χ0v) is 36.9. The average molecular weight is 800 g/mol. The molecule has 6 atom stereocenters. The minimum absolute atomic E-state index is 0.153. The number of nitrogens with one attached hydrogen (secondary N) is 1. The molecule has 1 aliphatic carbocycles. The fraction of sp³-hybridized carbons (Fsp3) is 0.667. The van der Waals surface area contributed by atoms with E-state index >= 15 is 0 Å². The highest BCUT2D eigenvalue weighted by atomic mass is 35.5. The minimum atomic E-state index is -1.45. The van der Waals surface area contributed by atoms with Crippen LogP contribution in [0, 0.1) is 17.8 Å². The number of halogens is 1. The van der Waals surface area contributed by atoms with Crippen LogP contribution in [0.4, 0.5) is 5.69 Å². The highest BCUT2D eigenvalue weighted by Crippen LogP contribution is 2.44. The lowest BCUT2D eigenvalue weighted by atomic mass is 9.66. The van der Waals surface area contributed by atoms with Crippen molar-refractivity contribution in [3.05, 3.63) is 70.3 Å². The first kappa shape index (κ1) is 45.3. The molecule has 1 N–H and O–H groups in total. The SMILES string of the molecule is CC/C=C/C(CN1CCN(C(C)C)C(C)C1)C1CCC1CN1CC(c2ccc(Cl)cc2CCC)COc2ccc(C(=O)NS(=O)C(C)C)cc21.CCCOC. The fourth-order valence-electron chi connectivity index (χ4n) is 8.52. The number of nitrogens with zero attached hydrogens (tertiary/aromatic N) is 3. The Hall–Kier alpha value is -2.43. The summed E-state index contributed by atoms with van der Waals surface area (Å²) in [6.07, 6.45) is 11.5. The Morgan fingerprint density at radius 2 is 1.84 bits per heavy atom. The number of allylic oxidation sites excluding steroid dienone is 1. The minimum Gasteiger partial charge on any atom is -0.491 e. The zero-order chi connectivity index (χ0) is 40.1. The van der Waals surface area contributed by atoms with Crippen molar-refractivity contribution in [1.29, 1.82) is 0 Å². The van der Waals surface area contributed by atoms with Crippen molar-refractivity contribution in [2.45, 2.75) is 117 Å². The maximum Gasteiger partial charge on any atom is 0.263 e. The number of piperazine rings is 1. The van der Waals surface area contributed by atoms with Crippen LogP contribution in [-0.2, 0) is 22.1 Å². The van der Waals surface area contributed by atoms with Gasteiger partial charge in [0.15, 0.2) is 0 Å². The summed E-state index contributed by atoms with van der Waals surface area (Å²) in [6, 6.07) is 13.1. The Labute approximate surface area is 341 Å². The van der Waals surface area contributed by atoms with Gasteiger partial charge in [-0.25, -0.2) is 4.21 Å². The number of aryl methyl sites for hydroxylation is 1. The second-order valence-electron chi connectivity index (χ2n) is 16.4. The number of ether oxygens (including phenoxy) is 2. The van der Waals surface area contributed by atoms with Gasteiger partial charge in [-0.2, -0.15) is 0 Å². The van der Waals surface area contributed by atoms with Crippen LogP contribution in [0.5, 0.6) is 5.75 Å². The van der Waals surface area contributed by atoms with Crippen LogP contribution in [0.25, 0.3) is 0 Å². The van der Waals surface area contributed by atoms with Crippen LogP contribution in [0.2, 0.25) is 5.02 Å². The van der Waals surface area contributed by atoms with Crippen LogP contribution < -0.4 is 14.4 Å². The molecule has 5 rings (SSSR count). The third-order valence-electron chi connectivity index (χ3n) is 11.5. The number of fused-ring (bicyclic) bond motifs is 1. The van der Waals surface area contributed by atoms with E-state index in [1.165, 1.54) is 24.0 Å². The molecule has 2 fully saturated rings. The molecule has 3 aliphatic rings. The highest BCUT2D eigenvalue weighted by Gasteiger charge is 2.40. The molecule has 308 valence electrons. The van der Waals surface area contributed by atoms with E-state index in [0.717, 1.165) is 88.0 Å². The van der Waals surface area contributed by atoms with Crippen molar-refractivity contribution >= 4 is 34.2 Å². The molecule has 6 unspecified atom stereocenters. The van der Waals surface area contributed by atoms with E-state index in [1.54, 1.807) is 13.2 Å². The molecule has 0 spiro atoms. The number of methoxy groups -OCH3 is 1. The summed E-state index contributed by atoms with van der Waals surface area (Å²) in [5, 5.41) is 0.606. The number of rotatable bonds is 16. The number of anilines is 1. The van der Waals surface area contributed by atoms with Gasteiger partial charge >= 0.3 is 0 Å². The summed E-state index contributed by atoms with van der Waals surface area (Å²) in [5.74, 6) is 2.29. The molecule has 2 aromatic carbocycles. The monoisotopic (exact) mass is 798 g/mol. The van der Waals surface area contributed by atoms with Gasteiger partial charge in [0.25, 0.3) is 5.91 Å². The Balaban J connectivity index is 0.00000126. The molecule has 1 saturated heterocycles. The van der Waals surface area contributed by atoms with E-state index in [0.29, 0.717) is 42.0 Å². The van der Waals surface area contributed by atoms with E-state index in [9.17, 15) is 9.00 Å². The molecule has 2 heterocycles. The van der Waals surface area contributed by atoms with Crippen molar-refractivity contribution in [1.82, 2.24) is 14.5 Å². The first-order valence-electron chi connectivity index (χ1n) is 21.1. The molecule has 1 amide bonds. The number of carbonyl (C=O) groups is 1. The van der Waals surface area contributed by atoms with Crippen LogP contribution in [0.1, 0.15) is 115 Å². The van der Waals surface area contributed by atoms with Gasteiger partial charge in [-0.1, -0.05) is 57.0 Å². The van der Waals surface area contributed by atoms with E-state index < -0.39 is 11.0 Å². The Kier molecular flexibility index (Phi) is 18.5. The molecule has 8 nitrogen and oxygen atoms in total. The molecular weight excluding hydrogens is 728 g/mol. The van der Waals surface area contributed by atoms with Gasteiger partial charge < -0.3 is 14.4 Å². The van der Waals surface area contributed by atoms with Gasteiger partial charge in [0.1, 0.15) is 16.7 Å². The number of hydrogen-bond acceptors (Lipinski definition) is 7. The van der Waals surface area contributed by atoms with Gasteiger partial charge in [0.05, 0.1) is 12.3 Å². The normalized spacial score (nSPS) is 23.0. The first-order valence-corrected chi connectivity index (χ1v) is 22.6. The van der Waals surface area contributed by atoms with Crippen LogP contribution in [0.15, 0.2) is 48.6 Å². The molecule has 0 bridgehead atoms. The lowest BCUT2D eigenvalue weighted by Crippen LogP contribution is -2.55. The van der Waals surface area contributed by atoms with E-state index in [4.69, 9.17) is 21.1 Å². The van der Waals surface area contributed by atoms with E-state index in [1.807, 2.05) is 32.0 Å². The molecule has 10 heteroatoms. The number of amides is 1. The van der Waals surface area contributed by atoms with Gasteiger partial charge in [0.2, 0.25) is 0 Å². The standard InChI is InChI=1S/C41H61ClN4O3S.C4H10O/c1-8-10-12-33(24-44-19-20-46(28(3)4)30(7)23-44)38-16-13-34(38)25-45-26-35(37-17-15-36(42)21-31(37)11-9-2)27-49-40-18-14-32(22-39(40)45)41(47)43-50(48)29(5)6;1-3-4-5-2/h10,12,14-15,17-18,21-22,28-30,33-35,38H,8-9,11,13,16,19-20,23-27H2,1-7H3,(H,43,47);3-4H2,1-2H3/b12-10+;. The van der Waals surface area contributed by atoms with Crippen molar-refractivity contribution in [3.63, 3.8) is 0 Å². The van der Waals surface area contributed by atoms with Gasteiger partial charge in [-0.05, 0) is 126 Å². The Morgan fingerprint density at radius 1 is 1.05 bits per heavy atom. The summed E-state index contributed by atoms with van der Waals surface area (Å²) in [7, 11) is 0.265. The zero-order valence-electron chi connectivity index (χ0n) is 35.3. The van der Waals surface area contributed by atoms with Gasteiger partial charge in [-0.3, -0.25) is 19.3 Å². The quantitative estimate of drug-likeness (QED) is 0.170. The van der Waals surface area contributed by atoms with Crippen LogP contribution >= 0.6 is 11.6 Å². The van der Waals surface area contributed by atoms with Crippen molar-refractivity contribution in [2.75, 3.05) is 64.5 Å². The fourth-order valence-corrected chi connectivity index (χ4v) is 9.25. The van der Waals surface area contributed by atoms with Crippen LogP contribution in [0.3, 0.4) is 0 Å². The molecule has 2 aromatic rings. The Morgan fingerprint density at radius 3 is 2.44 bits per heavy atom. The smallest absolute Gasteiger partial charge is 0.263 e. The summed E-state index contributed by atoms with van der Waals surface area (Å²) in [5.41, 5.74) is 4.04. The summed E-state index contributed by atoms with van der Waals surface area (Å²) < 4.78 is 26.5. The second kappa shape index (κ2) is 22.5. The molecule has 2 aliphatic heterocycles. The van der Waals surface area contributed by atoms with Gasteiger partial charge in [0, 0.05) is 86.8 Å². The van der Waals surface area contributed by atoms with Gasteiger partial charge in [-0.15, -0.1) is 0 Å². The summed E-state index contributed by atoms with van der Waals surface area (Å²) in [4.78, 5) is 21.1. The first-order chi connectivity index (χ1) is 26.4. The second-order valence-corrected chi connectivity index (χ2v) is 18.6. The van der Waals surface area contributed by atoms with Crippen molar-refractivity contribution in [3.8, 4) is 5.75 Å². The molecule has 0 radical (unpaired) electrons. The summed E-state index contributed by atoms with van der Waals surface area (Å²) in [6.45, 7) is 24.9. The third-order valence-corrected chi connectivity index (χ3v) is 13.0. The third kappa shape index (κ3) is 12.8. The lowest BCUT2D eigenvalue weighted by Gasteiger charge is -2.47.